The fraction of sp³-hybridized carbons (Fsp3) is 0.571. The topological polar surface area (TPSA) is 37.4 Å². The summed E-state index contributed by atoms with van der Waals surface area (Å²) < 4.78 is 22.6. The summed E-state index contributed by atoms with van der Waals surface area (Å²) in [5.41, 5.74) is 1.23. The van der Waals surface area contributed by atoms with Gasteiger partial charge < -0.3 is 0 Å². The molecule has 0 amide bonds. The van der Waals surface area contributed by atoms with E-state index < -0.39 is 9.84 Å². The maximum atomic E-state index is 11.3. The van der Waals surface area contributed by atoms with Gasteiger partial charge in [-0.15, -0.1) is 11.8 Å². The molecule has 0 atom stereocenters. The molecule has 0 spiro atoms. The second-order valence-corrected chi connectivity index (χ2v) is 8.19. The van der Waals surface area contributed by atoms with Crippen molar-refractivity contribution in [2.24, 2.45) is 0 Å². The van der Waals surface area contributed by atoms with Crippen LogP contribution in [0.1, 0.15) is 19.4 Å². The predicted octanol–water partition coefficient (Wildman–Crippen LogP) is 2.66. The predicted molar refractivity (Wildman–Crippen MR) is 83.5 cm³/mol. The summed E-state index contributed by atoms with van der Waals surface area (Å²) in [6, 6.07) is 8.73. The van der Waals surface area contributed by atoms with E-state index >= 15 is 0 Å². The smallest absolute Gasteiger partial charge is 0.148 e. The van der Waals surface area contributed by atoms with Crippen LogP contribution in [0.4, 0.5) is 0 Å². The molecule has 0 heterocycles. The Balaban J connectivity index is 2.72. The summed E-state index contributed by atoms with van der Waals surface area (Å²) in [6.45, 7) is 5.57. The maximum absolute atomic E-state index is 11.3. The van der Waals surface area contributed by atoms with E-state index in [-0.39, 0.29) is 5.75 Å². The number of thioether (sulfide) groups is 1. The Labute approximate surface area is 121 Å². The summed E-state index contributed by atoms with van der Waals surface area (Å²) in [5, 5.41) is 0. The Hall–Kier alpha value is -0.520. The summed E-state index contributed by atoms with van der Waals surface area (Å²) in [6.07, 6.45) is 3.35. The van der Waals surface area contributed by atoms with Crippen LogP contribution in [-0.2, 0) is 16.4 Å². The number of sulfone groups is 1. The number of rotatable bonds is 7. The first-order valence-corrected chi connectivity index (χ1v) is 9.65. The highest BCUT2D eigenvalue weighted by molar-refractivity contribution is 7.98. The van der Waals surface area contributed by atoms with Gasteiger partial charge in [0.2, 0.25) is 0 Å². The standard InChI is InChI=1S/C14H23NO2S2/c1-12(2)15(8-9-19(4,16)17)11-13-6-5-7-14(10-13)18-3/h5-7,10,12H,8-9,11H2,1-4H3. The van der Waals surface area contributed by atoms with Gasteiger partial charge in [-0.3, -0.25) is 4.90 Å². The summed E-state index contributed by atoms with van der Waals surface area (Å²) >= 11 is 1.72. The molecule has 0 aliphatic rings. The molecule has 5 heteroatoms. The van der Waals surface area contributed by atoms with Gasteiger partial charge in [0.25, 0.3) is 0 Å². The molecular formula is C14H23NO2S2. The molecule has 0 fully saturated rings. The van der Waals surface area contributed by atoms with Crippen molar-refractivity contribution in [3.63, 3.8) is 0 Å². The van der Waals surface area contributed by atoms with Crippen LogP contribution in [0.15, 0.2) is 29.2 Å². The highest BCUT2D eigenvalue weighted by Crippen LogP contribution is 2.17. The second-order valence-electron chi connectivity index (χ2n) is 5.05. The highest BCUT2D eigenvalue weighted by atomic mass is 32.2. The molecule has 1 aromatic carbocycles. The maximum Gasteiger partial charge on any atom is 0.148 e. The minimum atomic E-state index is -2.90. The summed E-state index contributed by atoms with van der Waals surface area (Å²) in [7, 11) is -2.90. The molecule has 0 unspecified atom stereocenters. The first kappa shape index (κ1) is 16.5. The lowest BCUT2D eigenvalue weighted by molar-refractivity contribution is 0.226. The van der Waals surface area contributed by atoms with Crippen molar-refractivity contribution in [1.82, 2.24) is 4.90 Å². The van der Waals surface area contributed by atoms with Crippen molar-refractivity contribution >= 4 is 21.6 Å². The molecule has 1 rings (SSSR count). The normalized spacial score (nSPS) is 12.3. The molecule has 0 aliphatic carbocycles. The molecule has 0 aromatic heterocycles. The average molecular weight is 301 g/mol. The zero-order chi connectivity index (χ0) is 14.5. The van der Waals surface area contributed by atoms with Gasteiger partial charge in [0.15, 0.2) is 0 Å². The van der Waals surface area contributed by atoms with Gasteiger partial charge in [-0.05, 0) is 37.8 Å². The van der Waals surface area contributed by atoms with Crippen LogP contribution < -0.4 is 0 Å². The molecule has 108 valence electrons. The van der Waals surface area contributed by atoms with Gasteiger partial charge in [0, 0.05) is 30.3 Å². The Morgan fingerprint density at radius 1 is 1.32 bits per heavy atom. The largest absolute Gasteiger partial charge is 0.296 e. The molecule has 0 saturated heterocycles. The van der Waals surface area contributed by atoms with Gasteiger partial charge in [0.1, 0.15) is 9.84 Å². The van der Waals surface area contributed by atoms with E-state index in [0.717, 1.165) is 6.54 Å². The molecule has 19 heavy (non-hydrogen) atoms. The van der Waals surface area contributed by atoms with Gasteiger partial charge in [0.05, 0.1) is 5.75 Å². The Morgan fingerprint density at radius 3 is 2.53 bits per heavy atom. The van der Waals surface area contributed by atoms with Gasteiger partial charge >= 0.3 is 0 Å². The van der Waals surface area contributed by atoms with Crippen molar-refractivity contribution in [2.45, 2.75) is 31.3 Å². The van der Waals surface area contributed by atoms with Crippen LogP contribution in [0.25, 0.3) is 0 Å². The van der Waals surface area contributed by atoms with E-state index in [1.807, 2.05) is 0 Å². The third-order valence-corrected chi connectivity index (χ3v) is 4.65. The lowest BCUT2D eigenvalue weighted by Crippen LogP contribution is -2.34. The molecule has 0 radical (unpaired) electrons. The van der Waals surface area contributed by atoms with Crippen LogP contribution in [0.3, 0.4) is 0 Å². The van der Waals surface area contributed by atoms with Crippen LogP contribution in [-0.4, -0.2) is 44.2 Å². The first-order valence-electron chi connectivity index (χ1n) is 6.36. The Morgan fingerprint density at radius 2 is 2.00 bits per heavy atom. The summed E-state index contributed by atoms with van der Waals surface area (Å²) in [5.74, 6) is 0.216. The molecule has 0 bridgehead atoms. The van der Waals surface area contributed by atoms with Crippen LogP contribution in [0, 0.1) is 0 Å². The number of nitrogens with zero attached hydrogens (tertiary/aromatic N) is 1. The fourth-order valence-electron chi connectivity index (χ4n) is 1.81. The highest BCUT2D eigenvalue weighted by Gasteiger charge is 2.13. The van der Waals surface area contributed by atoms with Crippen LogP contribution >= 0.6 is 11.8 Å². The van der Waals surface area contributed by atoms with Crippen LogP contribution in [0.5, 0.6) is 0 Å². The zero-order valence-electron chi connectivity index (χ0n) is 12.1. The second kappa shape index (κ2) is 7.31. The van der Waals surface area contributed by atoms with Crippen molar-refractivity contribution in [1.29, 1.82) is 0 Å². The molecule has 0 aliphatic heterocycles. The Kier molecular flexibility index (Phi) is 6.36. The first-order chi connectivity index (χ1) is 8.81. The van der Waals surface area contributed by atoms with E-state index in [4.69, 9.17) is 0 Å². The number of benzene rings is 1. The molecular weight excluding hydrogens is 278 g/mol. The molecule has 1 aromatic rings. The fourth-order valence-corrected chi connectivity index (χ4v) is 2.86. The van der Waals surface area contributed by atoms with Crippen molar-refractivity contribution in [3.8, 4) is 0 Å². The summed E-state index contributed by atoms with van der Waals surface area (Å²) in [4.78, 5) is 3.44. The van der Waals surface area contributed by atoms with Gasteiger partial charge in [-0.2, -0.15) is 0 Å². The van der Waals surface area contributed by atoms with E-state index in [2.05, 4.69) is 49.3 Å². The third kappa shape index (κ3) is 6.45. The van der Waals surface area contributed by atoms with Crippen molar-refractivity contribution in [3.05, 3.63) is 29.8 Å². The quantitative estimate of drug-likeness (QED) is 0.726. The minimum absolute atomic E-state index is 0.216. The zero-order valence-corrected chi connectivity index (χ0v) is 13.7. The van der Waals surface area contributed by atoms with Gasteiger partial charge in [-0.1, -0.05) is 12.1 Å². The molecule has 3 nitrogen and oxygen atoms in total. The van der Waals surface area contributed by atoms with E-state index in [0.29, 0.717) is 12.6 Å². The minimum Gasteiger partial charge on any atom is -0.296 e. The third-order valence-electron chi connectivity index (χ3n) is 3.00. The van der Waals surface area contributed by atoms with Gasteiger partial charge in [-0.25, -0.2) is 8.42 Å². The SMILES string of the molecule is CSc1cccc(CN(CCS(C)(=O)=O)C(C)C)c1. The lowest BCUT2D eigenvalue weighted by atomic mass is 10.2. The monoisotopic (exact) mass is 301 g/mol. The van der Waals surface area contributed by atoms with E-state index in [1.54, 1.807) is 11.8 Å². The van der Waals surface area contributed by atoms with Crippen LogP contribution in [0.2, 0.25) is 0 Å². The lowest BCUT2D eigenvalue weighted by Gasteiger charge is -2.26. The number of hydrogen-bond donors (Lipinski definition) is 0. The molecule has 0 N–H and O–H groups in total. The van der Waals surface area contributed by atoms with Crippen molar-refractivity contribution < 1.29 is 8.42 Å². The number of hydrogen-bond acceptors (Lipinski definition) is 4. The van der Waals surface area contributed by atoms with Crippen molar-refractivity contribution in [2.75, 3.05) is 24.8 Å². The Bertz CT molecular complexity index is 498. The van der Waals surface area contributed by atoms with E-state index in [9.17, 15) is 8.42 Å². The molecule has 0 saturated carbocycles. The average Bonchev–Trinajstić information content (AvgIpc) is 2.33. The van der Waals surface area contributed by atoms with E-state index in [1.165, 1.54) is 16.7 Å².